The van der Waals surface area contributed by atoms with Crippen LogP contribution in [0, 0.1) is 5.92 Å². The zero-order valence-corrected chi connectivity index (χ0v) is 12.9. The standard InChI is InChI=1S/C15H26N4O2/c1-3-21-10-15-18-13(16-2)8-14(19-15)17-9-11-6-4-5-7-12(11)20/h8,11-12,20H,3-7,9-10H2,1-2H3,(H2,16,17,18,19). The molecule has 2 atom stereocenters. The van der Waals surface area contributed by atoms with Crippen LogP contribution in [0.15, 0.2) is 6.07 Å². The highest BCUT2D eigenvalue weighted by molar-refractivity contribution is 5.47. The number of aliphatic hydroxyl groups is 1. The lowest BCUT2D eigenvalue weighted by Gasteiger charge is -2.27. The third-order valence-electron chi connectivity index (χ3n) is 3.88. The lowest BCUT2D eigenvalue weighted by molar-refractivity contribution is 0.0763. The number of hydrogen-bond donors (Lipinski definition) is 3. The Labute approximate surface area is 126 Å². The fourth-order valence-electron chi connectivity index (χ4n) is 2.64. The number of rotatable bonds is 7. The Bertz CT molecular complexity index is 442. The minimum absolute atomic E-state index is 0.195. The Morgan fingerprint density at radius 3 is 2.76 bits per heavy atom. The molecule has 1 aromatic rings. The van der Waals surface area contributed by atoms with Gasteiger partial charge in [-0.25, -0.2) is 9.97 Å². The fourth-order valence-corrected chi connectivity index (χ4v) is 2.64. The van der Waals surface area contributed by atoms with Gasteiger partial charge in [0.25, 0.3) is 0 Å². The SMILES string of the molecule is CCOCc1nc(NC)cc(NCC2CCCCC2O)n1. The first-order valence-corrected chi connectivity index (χ1v) is 7.78. The van der Waals surface area contributed by atoms with E-state index in [2.05, 4.69) is 20.6 Å². The first-order valence-electron chi connectivity index (χ1n) is 7.78. The van der Waals surface area contributed by atoms with E-state index >= 15 is 0 Å². The van der Waals surface area contributed by atoms with E-state index in [9.17, 15) is 5.11 Å². The van der Waals surface area contributed by atoms with Crippen molar-refractivity contribution in [2.45, 2.75) is 45.3 Å². The topological polar surface area (TPSA) is 79.3 Å². The Balaban J connectivity index is 1.97. The number of nitrogens with one attached hydrogen (secondary N) is 2. The largest absolute Gasteiger partial charge is 0.393 e. The monoisotopic (exact) mass is 294 g/mol. The van der Waals surface area contributed by atoms with Gasteiger partial charge in [0, 0.05) is 32.2 Å². The third kappa shape index (κ3) is 4.82. The zero-order valence-electron chi connectivity index (χ0n) is 12.9. The van der Waals surface area contributed by atoms with Crippen molar-refractivity contribution >= 4 is 11.6 Å². The van der Waals surface area contributed by atoms with Gasteiger partial charge >= 0.3 is 0 Å². The number of nitrogens with zero attached hydrogens (tertiary/aromatic N) is 2. The van der Waals surface area contributed by atoms with Crippen molar-refractivity contribution in [1.29, 1.82) is 0 Å². The summed E-state index contributed by atoms with van der Waals surface area (Å²) in [5.74, 6) is 2.52. The highest BCUT2D eigenvalue weighted by Gasteiger charge is 2.22. The minimum Gasteiger partial charge on any atom is -0.393 e. The van der Waals surface area contributed by atoms with Crippen molar-refractivity contribution in [3.05, 3.63) is 11.9 Å². The first kappa shape index (κ1) is 16.0. The molecule has 6 heteroatoms. The van der Waals surface area contributed by atoms with Crippen LogP contribution >= 0.6 is 0 Å². The maximum atomic E-state index is 10.0. The lowest BCUT2D eigenvalue weighted by Crippen LogP contribution is -2.30. The Morgan fingerprint density at radius 2 is 2.05 bits per heavy atom. The lowest BCUT2D eigenvalue weighted by atomic mass is 9.86. The van der Waals surface area contributed by atoms with E-state index in [4.69, 9.17) is 4.74 Å². The Morgan fingerprint density at radius 1 is 1.29 bits per heavy atom. The Hall–Kier alpha value is -1.40. The van der Waals surface area contributed by atoms with E-state index in [1.807, 2.05) is 20.0 Å². The first-order chi connectivity index (χ1) is 10.2. The molecule has 2 unspecified atom stereocenters. The van der Waals surface area contributed by atoms with Gasteiger partial charge in [-0.3, -0.25) is 0 Å². The van der Waals surface area contributed by atoms with Crippen LogP contribution in [-0.4, -0.2) is 41.4 Å². The molecule has 1 aliphatic rings. The van der Waals surface area contributed by atoms with E-state index in [1.165, 1.54) is 6.42 Å². The third-order valence-corrected chi connectivity index (χ3v) is 3.88. The van der Waals surface area contributed by atoms with Crippen molar-refractivity contribution in [3.8, 4) is 0 Å². The summed E-state index contributed by atoms with van der Waals surface area (Å²) in [5, 5.41) is 16.4. The second kappa shape index (κ2) is 8.14. The summed E-state index contributed by atoms with van der Waals surface area (Å²) in [6.45, 7) is 3.75. The molecule has 0 bridgehead atoms. The summed E-state index contributed by atoms with van der Waals surface area (Å²) in [7, 11) is 1.83. The molecule has 1 saturated carbocycles. The van der Waals surface area contributed by atoms with Gasteiger partial charge in [-0.15, -0.1) is 0 Å². The van der Waals surface area contributed by atoms with Crippen LogP contribution in [0.2, 0.25) is 0 Å². The van der Waals surface area contributed by atoms with Crippen LogP contribution in [0.3, 0.4) is 0 Å². The number of anilines is 2. The molecular weight excluding hydrogens is 268 g/mol. The van der Waals surface area contributed by atoms with E-state index < -0.39 is 0 Å². The molecule has 0 aliphatic heterocycles. The van der Waals surface area contributed by atoms with Crippen molar-refractivity contribution in [2.24, 2.45) is 5.92 Å². The average Bonchev–Trinajstić information content (AvgIpc) is 2.52. The fraction of sp³-hybridized carbons (Fsp3) is 0.733. The molecule has 1 heterocycles. The quantitative estimate of drug-likeness (QED) is 0.714. The van der Waals surface area contributed by atoms with Crippen LogP contribution in [0.4, 0.5) is 11.6 Å². The van der Waals surface area contributed by atoms with Gasteiger partial charge in [0.2, 0.25) is 0 Å². The van der Waals surface area contributed by atoms with Crippen LogP contribution in [0.1, 0.15) is 38.4 Å². The molecule has 1 fully saturated rings. The number of aromatic nitrogens is 2. The molecule has 0 amide bonds. The Kier molecular flexibility index (Phi) is 6.20. The smallest absolute Gasteiger partial charge is 0.158 e. The predicted molar refractivity (Wildman–Crippen MR) is 83.4 cm³/mol. The molecule has 118 valence electrons. The van der Waals surface area contributed by atoms with Crippen molar-refractivity contribution < 1.29 is 9.84 Å². The van der Waals surface area contributed by atoms with Gasteiger partial charge in [-0.1, -0.05) is 12.8 Å². The molecule has 0 spiro atoms. The van der Waals surface area contributed by atoms with E-state index in [-0.39, 0.29) is 6.10 Å². The van der Waals surface area contributed by atoms with E-state index in [0.29, 0.717) is 25.0 Å². The summed E-state index contributed by atoms with van der Waals surface area (Å²) in [6.07, 6.45) is 4.12. The van der Waals surface area contributed by atoms with Crippen molar-refractivity contribution in [1.82, 2.24) is 9.97 Å². The second-order valence-corrected chi connectivity index (χ2v) is 5.43. The molecule has 0 radical (unpaired) electrons. The van der Waals surface area contributed by atoms with Crippen molar-refractivity contribution in [2.75, 3.05) is 30.8 Å². The maximum absolute atomic E-state index is 10.0. The molecule has 0 aromatic carbocycles. The van der Waals surface area contributed by atoms with Crippen LogP contribution < -0.4 is 10.6 Å². The second-order valence-electron chi connectivity index (χ2n) is 5.43. The molecule has 3 N–H and O–H groups in total. The maximum Gasteiger partial charge on any atom is 0.158 e. The normalized spacial score (nSPS) is 22.0. The molecule has 21 heavy (non-hydrogen) atoms. The highest BCUT2D eigenvalue weighted by Crippen LogP contribution is 2.24. The van der Waals surface area contributed by atoms with Crippen molar-refractivity contribution in [3.63, 3.8) is 0 Å². The summed E-state index contributed by atoms with van der Waals surface area (Å²) < 4.78 is 5.37. The van der Waals surface area contributed by atoms with Gasteiger partial charge in [-0.2, -0.15) is 0 Å². The summed E-state index contributed by atoms with van der Waals surface area (Å²) >= 11 is 0. The highest BCUT2D eigenvalue weighted by atomic mass is 16.5. The molecule has 0 saturated heterocycles. The predicted octanol–water partition coefficient (Wildman–Crippen LogP) is 2.02. The van der Waals surface area contributed by atoms with E-state index in [0.717, 1.165) is 37.4 Å². The summed E-state index contributed by atoms with van der Waals surface area (Å²) in [5.41, 5.74) is 0. The molecule has 1 aromatic heterocycles. The summed E-state index contributed by atoms with van der Waals surface area (Å²) in [4.78, 5) is 8.82. The van der Waals surface area contributed by atoms with Gasteiger partial charge in [-0.05, 0) is 19.8 Å². The molecule has 1 aliphatic carbocycles. The van der Waals surface area contributed by atoms with Gasteiger partial charge in [0.15, 0.2) is 5.82 Å². The number of hydrogen-bond acceptors (Lipinski definition) is 6. The number of aliphatic hydroxyl groups excluding tert-OH is 1. The summed E-state index contributed by atoms with van der Waals surface area (Å²) in [6, 6.07) is 1.88. The van der Waals surface area contributed by atoms with Crippen LogP contribution in [-0.2, 0) is 11.3 Å². The van der Waals surface area contributed by atoms with Gasteiger partial charge in [0.05, 0.1) is 6.10 Å². The zero-order chi connectivity index (χ0) is 15.1. The van der Waals surface area contributed by atoms with E-state index in [1.54, 1.807) is 0 Å². The number of ether oxygens (including phenoxy) is 1. The van der Waals surface area contributed by atoms with Gasteiger partial charge < -0.3 is 20.5 Å². The average molecular weight is 294 g/mol. The van der Waals surface area contributed by atoms with Gasteiger partial charge in [0.1, 0.15) is 18.2 Å². The molecular formula is C15H26N4O2. The van der Waals surface area contributed by atoms with Crippen LogP contribution in [0.25, 0.3) is 0 Å². The molecule has 6 nitrogen and oxygen atoms in total. The van der Waals surface area contributed by atoms with Crippen LogP contribution in [0.5, 0.6) is 0 Å². The molecule has 2 rings (SSSR count). The minimum atomic E-state index is -0.195.